The van der Waals surface area contributed by atoms with Crippen molar-refractivity contribution in [3.8, 4) is 34.3 Å². The molecule has 3 aromatic rings. The van der Waals surface area contributed by atoms with E-state index in [2.05, 4.69) is 15.5 Å². The predicted octanol–water partition coefficient (Wildman–Crippen LogP) is 3.24. The summed E-state index contributed by atoms with van der Waals surface area (Å²) in [4.78, 5) is 15.9. The van der Waals surface area contributed by atoms with Gasteiger partial charge in [0.25, 0.3) is 11.8 Å². The first-order valence-corrected chi connectivity index (χ1v) is 8.62. The number of carbonyl (C=O) groups excluding carboxylic acids is 1. The van der Waals surface area contributed by atoms with Gasteiger partial charge in [-0.25, -0.2) is 0 Å². The largest absolute Gasteiger partial charge is 0.490 e. The molecule has 0 aliphatic carbocycles. The SMILES string of the molecule is CCOc1cc(-c2noc(-c3ccc(C)cc3)n2)ccc1OCC(=O)NC. The van der Waals surface area contributed by atoms with E-state index >= 15 is 0 Å². The predicted molar refractivity (Wildman–Crippen MR) is 101 cm³/mol. The summed E-state index contributed by atoms with van der Waals surface area (Å²) >= 11 is 0. The molecule has 0 fully saturated rings. The van der Waals surface area contributed by atoms with Crippen molar-refractivity contribution in [3.05, 3.63) is 48.0 Å². The molecule has 1 aromatic heterocycles. The molecule has 1 N–H and O–H groups in total. The van der Waals surface area contributed by atoms with Gasteiger partial charge in [0.2, 0.25) is 5.82 Å². The van der Waals surface area contributed by atoms with Crippen molar-refractivity contribution in [2.75, 3.05) is 20.3 Å². The lowest BCUT2D eigenvalue weighted by Crippen LogP contribution is -2.24. The third-order valence-corrected chi connectivity index (χ3v) is 3.86. The Hall–Kier alpha value is -3.35. The molecule has 7 heteroatoms. The minimum Gasteiger partial charge on any atom is -0.490 e. The van der Waals surface area contributed by atoms with Crippen LogP contribution < -0.4 is 14.8 Å². The number of benzene rings is 2. The lowest BCUT2D eigenvalue weighted by Gasteiger charge is -2.12. The van der Waals surface area contributed by atoms with Crippen LogP contribution in [0.3, 0.4) is 0 Å². The smallest absolute Gasteiger partial charge is 0.258 e. The fourth-order valence-corrected chi connectivity index (χ4v) is 2.40. The highest BCUT2D eigenvalue weighted by Gasteiger charge is 2.14. The summed E-state index contributed by atoms with van der Waals surface area (Å²) in [6.45, 7) is 4.27. The van der Waals surface area contributed by atoms with Crippen LogP contribution in [0.15, 0.2) is 47.0 Å². The van der Waals surface area contributed by atoms with E-state index in [1.807, 2.05) is 38.1 Å². The van der Waals surface area contributed by atoms with Crippen molar-refractivity contribution in [3.63, 3.8) is 0 Å². The van der Waals surface area contributed by atoms with Crippen molar-refractivity contribution in [2.45, 2.75) is 13.8 Å². The summed E-state index contributed by atoms with van der Waals surface area (Å²) < 4.78 is 16.5. The Balaban J connectivity index is 1.85. The molecule has 0 aliphatic heterocycles. The number of rotatable bonds is 7. The van der Waals surface area contributed by atoms with Crippen LogP contribution in [0.4, 0.5) is 0 Å². The highest BCUT2D eigenvalue weighted by atomic mass is 16.5. The van der Waals surface area contributed by atoms with E-state index in [4.69, 9.17) is 14.0 Å². The zero-order chi connectivity index (χ0) is 19.2. The third-order valence-electron chi connectivity index (χ3n) is 3.86. The molecule has 0 atom stereocenters. The summed E-state index contributed by atoms with van der Waals surface area (Å²) in [5, 5.41) is 6.57. The van der Waals surface area contributed by atoms with Crippen molar-refractivity contribution >= 4 is 5.91 Å². The van der Waals surface area contributed by atoms with Gasteiger partial charge in [0, 0.05) is 18.2 Å². The van der Waals surface area contributed by atoms with Gasteiger partial charge in [-0.2, -0.15) is 4.98 Å². The van der Waals surface area contributed by atoms with Crippen molar-refractivity contribution in [2.24, 2.45) is 0 Å². The molecule has 0 bridgehead atoms. The number of carbonyl (C=O) groups is 1. The number of hydrogen-bond donors (Lipinski definition) is 1. The molecule has 0 aliphatic rings. The second-order valence-electron chi connectivity index (χ2n) is 5.85. The van der Waals surface area contributed by atoms with Gasteiger partial charge in [0.15, 0.2) is 18.1 Å². The third kappa shape index (κ3) is 4.44. The number of aryl methyl sites for hydroxylation is 1. The average molecular weight is 367 g/mol. The van der Waals surface area contributed by atoms with Crippen molar-refractivity contribution < 1.29 is 18.8 Å². The normalized spacial score (nSPS) is 10.5. The first kappa shape index (κ1) is 18.4. The second kappa shape index (κ2) is 8.35. The van der Waals surface area contributed by atoms with Gasteiger partial charge in [-0.3, -0.25) is 4.79 Å². The molecule has 7 nitrogen and oxygen atoms in total. The monoisotopic (exact) mass is 367 g/mol. The minimum atomic E-state index is -0.220. The Morgan fingerprint density at radius 3 is 2.52 bits per heavy atom. The van der Waals surface area contributed by atoms with Crippen LogP contribution in [0.1, 0.15) is 12.5 Å². The number of nitrogens with one attached hydrogen (secondary N) is 1. The lowest BCUT2D eigenvalue weighted by molar-refractivity contribution is -0.122. The Morgan fingerprint density at radius 2 is 1.81 bits per heavy atom. The maximum atomic E-state index is 11.4. The van der Waals surface area contributed by atoms with Crippen LogP contribution >= 0.6 is 0 Å². The van der Waals surface area contributed by atoms with E-state index < -0.39 is 0 Å². The van der Waals surface area contributed by atoms with Gasteiger partial charge in [-0.15, -0.1) is 0 Å². The summed E-state index contributed by atoms with van der Waals surface area (Å²) in [5.74, 6) is 1.67. The molecular formula is C20H21N3O4. The fourth-order valence-electron chi connectivity index (χ4n) is 2.40. The van der Waals surface area contributed by atoms with Gasteiger partial charge in [-0.1, -0.05) is 22.9 Å². The molecule has 2 aromatic carbocycles. The number of amides is 1. The van der Waals surface area contributed by atoms with E-state index in [1.54, 1.807) is 25.2 Å². The number of likely N-dealkylation sites (N-methyl/N-ethyl adjacent to an activating group) is 1. The molecule has 0 saturated carbocycles. The topological polar surface area (TPSA) is 86.5 Å². The molecule has 0 saturated heterocycles. The molecule has 1 heterocycles. The lowest BCUT2D eigenvalue weighted by atomic mass is 10.1. The zero-order valence-electron chi connectivity index (χ0n) is 15.5. The first-order valence-electron chi connectivity index (χ1n) is 8.62. The molecule has 0 spiro atoms. The maximum absolute atomic E-state index is 11.4. The minimum absolute atomic E-state index is 0.0876. The van der Waals surface area contributed by atoms with Crippen LogP contribution in [-0.4, -0.2) is 36.3 Å². The van der Waals surface area contributed by atoms with Gasteiger partial charge >= 0.3 is 0 Å². The standard InChI is InChI=1S/C20H21N3O4/c1-4-25-17-11-15(9-10-16(17)26-12-18(24)21-3)19-22-20(27-23-19)14-7-5-13(2)6-8-14/h5-11H,4,12H2,1-3H3,(H,21,24). The molecule has 27 heavy (non-hydrogen) atoms. The maximum Gasteiger partial charge on any atom is 0.258 e. The van der Waals surface area contributed by atoms with Crippen LogP contribution in [0.5, 0.6) is 11.5 Å². The molecule has 1 amide bonds. The summed E-state index contributed by atoms with van der Waals surface area (Å²) in [6.07, 6.45) is 0. The Kier molecular flexibility index (Phi) is 5.71. The molecule has 0 unspecified atom stereocenters. The number of aromatic nitrogens is 2. The Labute approximate surface area is 157 Å². The Morgan fingerprint density at radius 1 is 1.07 bits per heavy atom. The summed E-state index contributed by atoms with van der Waals surface area (Å²) in [6, 6.07) is 13.2. The second-order valence-corrected chi connectivity index (χ2v) is 5.85. The highest BCUT2D eigenvalue weighted by Crippen LogP contribution is 2.32. The quantitative estimate of drug-likeness (QED) is 0.690. The van der Waals surface area contributed by atoms with E-state index in [0.717, 1.165) is 16.7 Å². The molecule has 140 valence electrons. The zero-order valence-corrected chi connectivity index (χ0v) is 15.5. The van der Waals surface area contributed by atoms with E-state index in [0.29, 0.717) is 29.8 Å². The van der Waals surface area contributed by atoms with Crippen LogP contribution in [0.25, 0.3) is 22.8 Å². The molecule has 3 rings (SSSR count). The van der Waals surface area contributed by atoms with Gasteiger partial charge in [0.1, 0.15) is 0 Å². The van der Waals surface area contributed by atoms with E-state index in [9.17, 15) is 4.79 Å². The van der Waals surface area contributed by atoms with Crippen LogP contribution in [-0.2, 0) is 4.79 Å². The summed E-state index contributed by atoms with van der Waals surface area (Å²) in [7, 11) is 1.56. The van der Waals surface area contributed by atoms with Gasteiger partial charge < -0.3 is 19.3 Å². The fraction of sp³-hybridized carbons (Fsp3) is 0.250. The van der Waals surface area contributed by atoms with E-state index in [-0.39, 0.29) is 12.5 Å². The molecular weight excluding hydrogens is 346 g/mol. The highest BCUT2D eigenvalue weighted by molar-refractivity contribution is 5.77. The Bertz CT molecular complexity index is 919. The van der Waals surface area contributed by atoms with Crippen molar-refractivity contribution in [1.82, 2.24) is 15.5 Å². The van der Waals surface area contributed by atoms with Crippen molar-refractivity contribution in [1.29, 1.82) is 0 Å². The van der Waals surface area contributed by atoms with Gasteiger partial charge in [-0.05, 0) is 44.2 Å². The average Bonchev–Trinajstić information content (AvgIpc) is 3.17. The summed E-state index contributed by atoms with van der Waals surface area (Å²) in [5.41, 5.74) is 2.75. The first-order chi connectivity index (χ1) is 13.1. The van der Waals surface area contributed by atoms with Crippen LogP contribution in [0, 0.1) is 6.92 Å². The number of nitrogens with zero attached hydrogens (tertiary/aromatic N) is 2. The molecule has 0 radical (unpaired) electrons. The van der Waals surface area contributed by atoms with Crippen LogP contribution in [0.2, 0.25) is 0 Å². The number of hydrogen-bond acceptors (Lipinski definition) is 6. The van der Waals surface area contributed by atoms with Gasteiger partial charge in [0.05, 0.1) is 6.61 Å². The van der Waals surface area contributed by atoms with E-state index in [1.165, 1.54) is 0 Å². The number of ether oxygens (including phenoxy) is 2.